The fraction of sp³-hybridized carbons (Fsp3) is 0.111. The minimum absolute atomic E-state index is 0.0164. The van der Waals surface area contributed by atoms with Crippen molar-refractivity contribution in [1.82, 2.24) is 19.7 Å². The Morgan fingerprint density at radius 3 is 2.38 bits per heavy atom. The van der Waals surface area contributed by atoms with Crippen LogP contribution in [0.2, 0.25) is 0 Å². The standard InChI is InChI=1S/C18H17N5O5S/c1-12-19-16(22-18(20-12)27-2)21-17(24)23-29(25,26)15-11-7-6-10-14(15)28-13-8-4-3-5-9-13/h3-11H,1-2H3,(H2,19,20,21,22,23,24). The summed E-state index contributed by atoms with van der Waals surface area (Å²) in [6.45, 7) is 1.57. The molecule has 0 spiro atoms. The third-order valence-electron chi connectivity index (χ3n) is 3.47. The van der Waals surface area contributed by atoms with Gasteiger partial charge in [0.05, 0.1) is 7.11 Å². The van der Waals surface area contributed by atoms with E-state index in [1.807, 2.05) is 4.72 Å². The van der Waals surface area contributed by atoms with E-state index in [1.54, 1.807) is 43.3 Å². The molecule has 0 atom stereocenters. The number of sulfonamides is 1. The molecular formula is C18H17N5O5S. The fourth-order valence-corrected chi connectivity index (χ4v) is 3.32. The average Bonchev–Trinajstić information content (AvgIpc) is 2.68. The molecule has 11 heteroatoms. The summed E-state index contributed by atoms with van der Waals surface area (Å²) >= 11 is 0. The molecule has 0 aliphatic heterocycles. The number of carbonyl (C=O) groups is 1. The van der Waals surface area contributed by atoms with Gasteiger partial charge in [0.1, 0.15) is 22.2 Å². The van der Waals surface area contributed by atoms with Gasteiger partial charge >= 0.3 is 12.0 Å². The third-order valence-corrected chi connectivity index (χ3v) is 4.84. The zero-order chi connectivity index (χ0) is 20.9. The summed E-state index contributed by atoms with van der Waals surface area (Å²) < 4.78 is 37.8. The smallest absolute Gasteiger partial charge is 0.335 e. The zero-order valence-corrected chi connectivity index (χ0v) is 16.3. The number of methoxy groups -OCH3 is 1. The number of nitrogens with one attached hydrogen (secondary N) is 2. The highest BCUT2D eigenvalue weighted by Gasteiger charge is 2.23. The predicted octanol–water partition coefficient (Wildman–Crippen LogP) is 2.49. The molecule has 0 bridgehead atoms. The lowest BCUT2D eigenvalue weighted by Gasteiger charge is -2.12. The first-order valence-electron chi connectivity index (χ1n) is 8.30. The van der Waals surface area contributed by atoms with E-state index < -0.39 is 16.1 Å². The Kier molecular flexibility index (Phi) is 5.88. The van der Waals surface area contributed by atoms with Crippen LogP contribution in [0, 0.1) is 6.92 Å². The molecule has 0 fully saturated rings. The number of aryl methyl sites for hydroxylation is 1. The normalized spacial score (nSPS) is 10.8. The van der Waals surface area contributed by atoms with E-state index >= 15 is 0 Å². The number of benzene rings is 2. The molecule has 150 valence electrons. The van der Waals surface area contributed by atoms with Crippen molar-refractivity contribution < 1.29 is 22.7 Å². The highest BCUT2D eigenvalue weighted by molar-refractivity contribution is 7.90. The van der Waals surface area contributed by atoms with Crippen molar-refractivity contribution in [2.75, 3.05) is 12.4 Å². The number of hydrogen-bond acceptors (Lipinski definition) is 8. The van der Waals surface area contributed by atoms with Crippen LogP contribution in [0.15, 0.2) is 59.5 Å². The second-order valence-electron chi connectivity index (χ2n) is 5.61. The molecule has 0 radical (unpaired) electrons. The van der Waals surface area contributed by atoms with Gasteiger partial charge in [0.15, 0.2) is 0 Å². The van der Waals surface area contributed by atoms with E-state index in [1.165, 1.54) is 25.3 Å². The van der Waals surface area contributed by atoms with Crippen molar-refractivity contribution in [3.63, 3.8) is 0 Å². The Morgan fingerprint density at radius 1 is 0.966 bits per heavy atom. The van der Waals surface area contributed by atoms with Crippen molar-refractivity contribution in [2.45, 2.75) is 11.8 Å². The Hall–Kier alpha value is -3.73. The first kappa shape index (κ1) is 20.0. The SMILES string of the molecule is COc1nc(C)nc(NC(=O)NS(=O)(=O)c2ccccc2Oc2ccccc2)n1. The maximum Gasteiger partial charge on any atom is 0.335 e. The van der Waals surface area contributed by atoms with Gasteiger partial charge in [-0.3, -0.25) is 5.32 Å². The number of amides is 2. The number of para-hydroxylation sites is 2. The van der Waals surface area contributed by atoms with Crippen molar-refractivity contribution in [1.29, 1.82) is 0 Å². The van der Waals surface area contributed by atoms with Crippen molar-refractivity contribution >= 4 is 22.0 Å². The van der Waals surface area contributed by atoms with Crippen LogP contribution in [-0.4, -0.2) is 36.5 Å². The summed E-state index contributed by atoms with van der Waals surface area (Å²) in [5.74, 6) is 0.650. The first-order chi connectivity index (χ1) is 13.9. The maximum absolute atomic E-state index is 12.7. The molecule has 3 aromatic rings. The molecule has 2 amide bonds. The lowest BCUT2D eigenvalue weighted by Crippen LogP contribution is -2.35. The van der Waals surface area contributed by atoms with Crippen LogP contribution in [0.25, 0.3) is 0 Å². The summed E-state index contributed by atoms with van der Waals surface area (Å²) in [5.41, 5.74) is 0. The van der Waals surface area contributed by atoms with Gasteiger partial charge in [-0.25, -0.2) is 17.9 Å². The number of nitrogens with zero attached hydrogens (tertiary/aromatic N) is 3. The second kappa shape index (κ2) is 8.52. The molecular weight excluding hydrogens is 398 g/mol. The Morgan fingerprint density at radius 2 is 1.66 bits per heavy atom. The van der Waals surface area contributed by atoms with Gasteiger partial charge in [0.25, 0.3) is 10.0 Å². The topological polar surface area (TPSA) is 132 Å². The quantitative estimate of drug-likeness (QED) is 0.627. The zero-order valence-electron chi connectivity index (χ0n) is 15.5. The van der Waals surface area contributed by atoms with Crippen LogP contribution >= 0.6 is 0 Å². The molecule has 3 rings (SSSR count). The molecule has 0 saturated carbocycles. The van der Waals surface area contributed by atoms with E-state index in [9.17, 15) is 13.2 Å². The second-order valence-corrected chi connectivity index (χ2v) is 7.27. The number of urea groups is 1. The number of anilines is 1. The van der Waals surface area contributed by atoms with E-state index in [0.717, 1.165) is 0 Å². The van der Waals surface area contributed by atoms with E-state index in [4.69, 9.17) is 9.47 Å². The molecule has 29 heavy (non-hydrogen) atoms. The van der Waals surface area contributed by atoms with Crippen LogP contribution in [0.1, 0.15) is 5.82 Å². The lowest BCUT2D eigenvalue weighted by atomic mass is 10.3. The molecule has 2 N–H and O–H groups in total. The van der Waals surface area contributed by atoms with Crippen LogP contribution in [-0.2, 0) is 10.0 Å². The molecule has 0 aliphatic carbocycles. The van der Waals surface area contributed by atoms with Gasteiger partial charge in [-0.1, -0.05) is 30.3 Å². The molecule has 1 heterocycles. The van der Waals surface area contributed by atoms with Gasteiger partial charge < -0.3 is 9.47 Å². The summed E-state index contributed by atoms with van der Waals surface area (Å²) in [5, 5.41) is 2.24. The summed E-state index contributed by atoms with van der Waals surface area (Å²) in [7, 11) is -2.89. The number of aromatic nitrogens is 3. The van der Waals surface area contributed by atoms with Crippen LogP contribution in [0.4, 0.5) is 10.7 Å². The molecule has 1 aromatic heterocycles. The van der Waals surface area contributed by atoms with Gasteiger partial charge in [-0.15, -0.1) is 0 Å². The summed E-state index contributed by atoms with van der Waals surface area (Å²) in [4.78, 5) is 23.6. The predicted molar refractivity (Wildman–Crippen MR) is 103 cm³/mol. The number of rotatable bonds is 6. The Balaban J connectivity index is 1.79. The van der Waals surface area contributed by atoms with Crippen molar-refractivity contribution in [3.05, 3.63) is 60.4 Å². The molecule has 10 nitrogen and oxygen atoms in total. The number of carbonyl (C=O) groups excluding carboxylic acids is 1. The first-order valence-corrected chi connectivity index (χ1v) is 9.78. The van der Waals surface area contributed by atoms with Crippen LogP contribution < -0.4 is 19.5 Å². The largest absolute Gasteiger partial charge is 0.467 e. The molecule has 2 aromatic carbocycles. The third kappa shape index (κ3) is 5.17. The monoisotopic (exact) mass is 415 g/mol. The molecule has 0 unspecified atom stereocenters. The van der Waals surface area contributed by atoms with Gasteiger partial charge in [0, 0.05) is 0 Å². The van der Waals surface area contributed by atoms with Crippen molar-refractivity contribution in [3.8, 4) is 17.5 Å². The molecule has 0 aliphatic rings. The minimum atomic E-state index is -4.25. The average molecular weight is 415 g/mol. The van der Waals surface area contributed by atoms with Gasteiger partial charge in [-0.05, 0) is 31.2 Å². The van der Waals surface area contributed by atoms with Gasteiger partial charge in [0.2, 0.25) is 5.95 Å². The van der Waals surface area contributed by atoms with E-state index in [0.29, 0.717) is 5.75 Å². The number of ether oxygens (including phenoxy) is 2. The van der Waals surface area contributed by atoms with Crippen molar-refractivity contribution in [2.24, 2.45) is 0 Å². The van der Waals surface area contributed by atoms with Gasteiger partial charge in [-0.2, -0.15) is 15.0 Å². The van der Waals surface area contributed by atoms with Crippen LogP contribution in [0.5, 0.6) is 17.5 Å². The maximum atomic E-state index is 12.7. The Bertz CT molecular complexity index is 1120. The van der Waals surface area contributed by atoms with E-state index in [2.05, 4.69) is 20.3 Å². The fourth-order valence-electron chi connectivity index (χ4n) is 2.28. The van der Waals surface area contributed by atoms with Crippen LogP contribution in [0.3, 0.4) is 0 Å². The minimum Gasteiger partial charge on any atom is -0.467 e. The summed E-state index contributed by atoms with van der Waals surface area (Å²) in [6, 6.07) is 13.6. The number of hydrogen-bond donors (Lipinski definition) is 2. The molecule has 0 saturated heterocycles. The highest BCUT2D eigenvalue weighted by atomic mass is 32.2. The summed E-state index contributed by atoms with van der Waals surface area (Å²) in [6.07, 6.45) is 0. The highest BCUT2D eigenvalue weighted by Crippen LogP contribution is 2.28. The van der Waals surface area contributed by atoms with E-state index in [-0.39, 0.29) is 28.4 Å². The lowest BCUT2D eigenvalue weighted by molar-refractivity contribution is 0.256. The Labute approximate surface area is 167 Å².